The fourth-order valence-electron chi connectivity index (χ4n) is 6.65. The third-order valence-corrected chi connectivity index (χ3v) is 14.0. The number of ether oxygens (including phenoxy) is 2. The highest BCUT2D eigenvalue weighted by Crippen LogP contribution is 2.37. The predicted molar refractivity (Wildman–Crippen MR) is 193 cm³/mol. The van der Waals surface area contributed by atoms with E-state index in [2.05, 4.69) is 55.3 Å². The van der Waals surface area contributed by atoms with E-state index in [0.29, 0.717) is 0 Å². The molecule has 8 nitrogen and oxygen atoms in total. The van der Waals surface area contributed by atoms with Crippen molar-refractivity contribution < 1.29 is 32.3 Å². The molecule has 1 aromatic heterocycles. The van der Waals surface area contributed by atoms with Crippen LogP contribution in [0, 0.1) is 11.6 Å². The van der Waals surface area contributed by atoms with E-state index >= 15 is 0 Å². The molecule has 2 amide bonds. The fraction of sp³-hybridized carbons (Fsp3) is 0.410. The molecule has 1 aliphatic heterocycles. The minimum absolute atomic E-state index is 0.0128. The largest absolute Gasteiger partial charge is 0.444 e. The van der Waals surface area contributed by atoms with E-state index in [4.69, 9.17) is 13.9 Å². The summed E-state index contributed by atoms with van der Waals surface area (Å²) in [6, 6.07) is 23.6. The molecule has 2 atom stereocenters. The van der Waals surface area contributed by atoms with E-state index in [9.17, 15) is 18.4 Å². The van der Waals surface area contributed by atoms with Crippen LogP contribution in [0.3, 0.4) is 0 Å². The number of aromatic nitrogens is 1. The van der Waals surface area contributed by atoms with Crippen molar-refractivity contribution in [2.24, 2.45) is 0 Å². The molecule has 11 heteroatoms. The second-order valence-electron chi connectivity index (χ2n) is 15.3. The monoisotopic (exact) mass is 703 g/mol. The molecular weight excluding hydrogens is 657 g/mol. The van der Waals surface area contributed by atoms with Crippen LogP contribution in [0.1, 0.15) is 61.1 Å². The number of hydrogen-bond donors (Lipinski definition) is 1. The number of carbonyl (C=O) groups excluding carboxylic acids is 2. The first-order chi connectivity index (χ1) is 23.4. The van der Waals surface area contributed by atoms with Gasteiger partial charge in [0.15, 0.2) is 6.10 Å². The molecule has 50 heavy (non-hydrogen) atoms. The molecule has 1 N–H and O–H groups in total. The van der Waals surface area contributed by atoms with Gasteiger partial charge in [-0.1, -0.05) is 81.4 Å². The highest BCUT2D eigenvalue weighted by molar-refractivity contribution is 6.99. The first-order valence-electron chi connectivity index (χ1n) is 16.9. The zero-order chi connectivity index (χ0) is 36.5. The Labute approximate surface area is 294 Å². The van der Waals surface area contributed by atoms with Crippen LogP contribution in [0.5, 0.6) is 0 Å². The molecule has 5 rings (SSSR count). The maximum atomic E-state index is 14.6. The van der Waals surface area contributed by atoms with Crippen molar-refractivity contribution in [1.29, 1.82) is 0 Å². The molecule has 0 radical (unpaired) electrons. The van der Waals surface area contributed by atoms with E-state index in [-0.39, 0.29) is 41.3 Å². The first-order valence-corrected chi connectivity index (χ1v) is 18.8. The number of fused-ring (bicyclic) bond motifs is 1. The smallest absolute Gasteiger partial charge is 0.410 e. The number of amides is 2. The topological polar surface area (TPSA) is 90.0 Å². The molecule has 0 unspecified atom stereocenters. The van der Waals surface area contributed by atoms with Crippen molar-refractivity contribution in [2.75, 3.05) is 19.8 Å². The summed E-state index contributed by atoms with van der Waals surface area (Å²) < 4.78 is 47.9. The number of hydrogen-bond acceptors (Lipinski definition) is 6. The second-order valence-corrected chi connectivity index (χ2v) is 19.6. The van der Waals surface area contributed by atoms with Crippen molar-refractivity contribution >= 4 is 41.5 Å². The summed E-state index contributed by atoms with van der Waals surface area (Å²) in [5, 5.41) is 5.28. The minimum Gasteiger partial charge on any atom is -0.444 e. The summed E-state index contributed by atoms with van der Waals surface area (Å²) in [7, 11) is -2.96. The Morgan fingerprint density at radius 2 is 1.50 bits per heavy atom. The molecule has 1 saturated heterocycles. The number of carbonyl (C=O) groups is 2. The molecule has 3 aromatic carbocycles. The quantitative estimate of drug-likeness (QED) is 0.213. The second kappa shape index (κ2) is 14.2. The van der Waals surface area contributed by atoms with Gasteiger partial charge in [0.2, 0.25) is 0 Å². The Hall–Kier alpha value is -4.19. The van der Waals surface area contributed by atoms with Gasteiger partial charge in [0.25, 0.3) is 14.2 Å². The summed E-state index contributed by atoms with van der Waals surface area (Å²) >= 11 is 0. The van der Waals surface area contributed by atoms with Crippen LogP contribution in [0.2, 0.25) is 5.04 Å². The van der Waals surface area contributed by atoms with Crippen LogP contribution < -0.4 is 15.7 Å². The lowest BCUT2D eigenvalue weighted by atomic mass is 9.94. The van der Waals surface area contributed by atoms with Crippen molar-refractivity contribution in [3.63, 3.8) is 0 Å². The normalized spacial score (nSPS) is 17.4. The number of morpholine rings is 1. The van der Waals surface area contributed by atoms with Gasteiger partial charge in [-0.2, -0.15) is 0 Å². The SMILES string of the molecule is CC(C)(C)OC(=O)N1C[C@@H](C(=O)NC(C)(C)c2ncc(F)c3ccc(F)cc23)OC[C@H]1CO[Si](c1ccccc1)(c1ccccc1)C(C)(C)C. The summed E-state index contributed by atoms with van der Waals surface area (Å²) in [5.74, 6) is -1.66. The van der Waals surface area contributed by atoms with Crippen molar-refractivity contribution in [3.8, 4) is 0 Å². The van der Waals surface area contributed by atoms with Crippen molar-refractivity contribution in [1.82, 2.24) is 15.2 Å². The number of nitrogens with zero attached hydrogens (tertiary/aromatic N) is 2. The lowest BCUT2D eigenvalue weighted by Gasteiger charge is -2.46. The maximum absolute atomic E-state index is 14.6. The Morgan fingerprint density at radius 3 is 2.06 bits per heavy atom. The molecule has 0 aliphatic carbocycles. The number of benzene rings is 3. The molecule has 0 spiro atoms. The van der Waals surface area contributed by atoms with Crippen LogP contribution in [0.15, 0.2) is 85.1 Å². The first kappa shape index (κ1) is 37.1. The van der Waals surface area contributed by atoms with Gasteiger partial charge in [-0.3, -0.25) is 14.7 Å². The number of rotatable bonds is 8. The third kappa shape index (κ3) is 7.74. The van der Waals surface area contributed by atoms with E-state index < -0.39 is 55.2 Å². The zero-order valence-corrected chi connectivity index (χ0v) is 31.1. The number of nitrogens with one attached hydrogen (secondary N) is 1. The number of pyridine rings is 1. The highest BCUT2D eigenvalue weighted by atomic mass is 28.4. The molecule has 1 aliphatic rings. The predicted octanol–water partition coefficient (Wildman–Crippen LogP) is 6.45. The third-order valence-electron chi connectivity index (χ3n) is 8.95. The Kier molecular flexibility index (Phi) is 10.5. The van der Waals surface area contributed by atoms with Gasteiger partial charge in [-0.15, -0.1) is 0 Å². The summed E-state index contributed by atoms with van der Waals surface area (Å²) in [4.78, 5) is 33.3. The highest BCUT2D eigenvalue weighted by Gasteiger charge is 2.51. The van der Waals surface area contributed by atoms with Crippen LogP contribution >= 0.6 is 0 Å². The van der Waals surface area contributed by atoms with Gasteiger partial charge >= 0.3 is 6.09 Å². The molecule has 266 valence electrons. The van der Waals surface area contributed by atoms with Gasteiger partial charge in [0.05, 0.1) is 43.2 Å². The lowest BCUT2D eigenvalue weighted by molar-refractivity contribution is -0.144. The maximum Gasteiger partial charge on any atom is 0.410 e. The van der Waals surface area contributed by atoms with Gasteiger partial charge in [0, 0.05) is 10.8 Å². The zero-order valence-electron chi connectivity index (χ0n) is 30.1. The molecule has 0 bridgehead atoms. The molecule has 4 aromatic rings. The van der Waals surface area contributed by atoms with E-state index in [1.54, 1.807) is 34.6 Å². The van der Waals surface area contributed by atoms with Crippen LogP contribution in [-0.2, 0) is 24.2 Å². The molecule has 2 heterocycles. The van der Waals surface area contributed by atoms with Crippen LogP contribution in [-0.4, -0.2) is 67.7 Å². The van der Waals surface area contributed by atoms with Gasteiger partial charge in [0.1, 0.15) is 17.2 Å². The standard InChI is InChI=1S/C39H47F2N3O5Si/c1-37(2,3)49-36(46)44-23-33(35(45)43-39(7,8)34-31-21-26(40)19-20-30(31)32(41)22-42-34)47-24-27(44)25-48-50(38(4,5)6,28-15-11-9-12-16-28)29-17-13-10-14-18-29/h9-22,27,33H,23-25H2,1-8H3,(H,43,45)/t27-,33-/m0/s1. The van der Waals surface area contributed by atoms with E-state index in [1.807, 2.05) is 36.4 Å². The van der Waals surface area contributed by atoms with Gasteiger partial charge in [-0.25, -0.2) is 13.6 Å². The summed E-state index contributed by atoms with van der Waals surface area (Å²) in [6.07, 6.45) is -0.591. The Bertz CT molecular complexity index is 1790. The minimum atomic E-state index is -2.96. The fourth-order valence-corrected chi connectivity index (χ4v) is 11.2. The molecular formula is C39H47F2N3O5Si. The molecule has 0 saturated carbocycles. The van der Waals surface area contributed by atoms with Crippen molar-refractivity contribution in [2.45, 2.75) is 83.7 Å². The lowest BCUT2D eigenvalue weighted by Crippen LogP contribution is -2.68. The van der Waals surface area contributed by atoms with Crippen molar-refractivity contribution in [3.05, 3.63) is 102 Å². The Morgan fingerprint density at radius 1 is 0.900 bits per heavy atom. The van der Waals surface area contributed by atoms with Crippen LogP contribution in [0.4, 0.5) is 13.6 Å². The van der Waals surface area contributed by atoms with E-state index in [0.717, 1.165) is 16.6 Å². The van der Waals surface area contributed by atoms with Crippen LogP contribution in [0.25, 0.3) is 10.8 Å². The Balaban J connectivity index is 1.43. The van der Waals surface area contributed by atoms with E-state index in [1.165, 1.54) is 23.1 Å². The van der Waals surface area contributed by atoms with Gasteiger partial charge < -0.3 is 19.2 Å². The summed E-state index contributed by atoms with van der Waals surface area (Å²) in [6.45, 7) is 15.3. The number of halogens is 2. The summed E-state index contributed by atoms with van der Waals surface area (Å²) in [5.41, 5.74) is -1.65. The molecule has 1 fully saturated rings. The average Bonchev–Trinajstić information content (AvgIpc) is 3.04. The van der Waals surface area contributed by atoms with Gasteiger partial charge in [-0.05, 0) is 68.2 Å². The average molecular weight is 704 g/mol.